The average Bonchev–Trinajstić information content (AvgIpc) is 3.42. The summed E-state index contributed by atoms with van der Waals surface area (Å²) in [4.78, 5) is 19.0. The number of carbonyl (C=O) groups excluding carboxylic acids is 1. The number of hydrogen-bond acceptors (Lipinski definition) is 5. The fraction of sp³-hybridized carbons (Fsp3) is 0.280. The Morgan fingerprint density at radius 3 is 2.57 bits per heavy atom. The smallest absolute Gasteiger partial charge is 0.422 e. The Kier molecular flexibility index (Phi) is 5.72. The van der Waals surface area contributed by atoms with Gasteiger partial charge in [-0.15, -0.1) is 0 Å². The monoisotopic (exact) mass is 488 g/mol. The minimum Gasteiger partial charge on any atom is -0.483 e. The van der Waals surface area contributed by atoms with Gasteiger partial charge in [-0.25, -0.2) is 4.39 Å². The Morgan fingerprint density at radius 1 is 1.11 bits per heavy atom. The number of halogens is 4. The summed E-state index contributed by atoms with van der Waals surface area (Å²) >= 11 is 0. The summed E-state index contributed by atoms with van der Waals surface area (Å²) in [7, 11) is 0. The minimum atomic E-state index is -4.60. The summed E-state index contributed by atoms with van der Waals surface area (Å²) in [6.45, 7) is -0.814. The first-order valence-corrected chi connectivity index (χ1v) is 10.8. The van der Waals surface area contributed by atoms with E-state index in [1.807, 2.05) is 0 Å². The third kappa shape index (κ3) is 4.46. The lowest BCUT2D eigenvalue weighted by molar-refractivity contribution is -0.153. The molecule has 1 saturated heterocycles. The number of amides is 1. The largest absolute Gasteiger partial charge is 0.483 e. The van der Waals surface area contributed by atoms with Crippen LogP contribution in [0.4, 0.5) is 23.2 Å². The first kappa shape index (κ1) is 23.3. The zero-order valence-corrected chi connectivity index (χ0v) is 18.3. The van der Waals surface area contributed by atoms with Gasteiger partial charge in [0.05, 0.1) is 18.8 Å². The predicted molar refractivity (Wildman–Crippen MR) is 117 cm³/mol. The summed E-state index contributed by atoms with van der Waals surface area (Å²) in [5, 5.41) is 10.7. The van der Waals surface area contributed by atoms with Gasteiger partial charge in [-0.3, -0.25) is 9.78 Å². The average molecular weight is 488 g/mol. The number of aliphatic hydroxyl groups is 1. The van der Waals surface area contributed by atoms with Gasteiger partial charge in [0.2, 0.25) is 0 Å². The van der Waals surface area contributed by atoms with Crippen molar-refractivity contribution in [2.45, 2.75) is 24.7 Å². The summed E-state index contributed by atoms with van der Waals surface area (Å²) in [5.74, 6) is -1.38. The Bertz CT molecular complexity index is 1270. The van der Waals surface area contributed by atoms with Crippen molar-refractivity contribution >= 4 is 11.6 Å². The molecule has 3 aromatic rings. The molecule has 0 bridgehead atoms. The molecule has 1 amide bonds. The van der Waals surface area contributed by atoms with Crippen LogP contribution in [0.2, 0.25) is 0 Å². The van der Waals surface area contributed by atoms with Crippen LogP contribution in [0.15, 0.2) is 54.7 Å². The first-order valence-electron chi connectivity index (χ1n) is 10.8. The molecule has 3 heterocycles. The summed E-state index contributed by atoms with van der Waals surface area (Å²) < 4.78 is 62.2. The second-order valence-corrected chi connectivity index (χ2v) is 8.50. The number of pyridine rings is 1. The van der Waals surface area contributed by atoms with Crippen molar-refractivity contribution in [1.82, 2.24) is 4.98 Å². The van der Waals surface area contributed by atoms with Crippen molar-refractivity contribution < 1.29 is 36.9 Å². The standard InChI is InChI=1S/C25H20F4N2O4/c26-16-3-6-19(21(11-16)35-14-25(27,28)29)22-20-12-31(23(32)18(20)7-9-30-22)17-4-1-15(2-5-17)24(33)8-10-34-13-24/h1-7,9,11,33H,8,10,12-14H2/t24-/m0/s1. The van der Waals surface area contributed by atoms with E-state index in [0.29, 0.717) is 35.4 Å². The molecule has 1 atom stereocenters. The van der Waals surface area contributed by atoms with E-state index in [-0.39, 0.29) is 36.1 Å². The molecule has 0 unspecified atom stereocenters. The van der Waals surface area contributed by atoms with Crippen LogP contribution in [0, 0.1) is 5.82 Å². The molecule has 182 valence electrons. The second kappa shape index (κ2) is 8.62. The van der Waals surface area contributed by atoms with Crippen LogP contribution < -0.4 is 9.64 Å². The molecule has 0 aliphatic carbocycles. The number of ether oxygens (including phenoxy) is 2. The zero-order chi connectivity index (χ0) is 24.8. The van der Waals surface area contributed by atoms with Crippen molar-refractivity contribution in [1.29, 1.82) is 0 Å². The third-order valence-electron chi connectivity index (χ3n) is 6.15. The molecule has 1 fully saturated rings. The predicted octanol–water partition coefficient (Wildman–Crippen LogP) is 4.60. The van der Waals surface area contributed by atoms with E-state index in [2.05, 4.69) is 4.98 Å². The van der Waals surface area contributed by atoms with E-state index in [1.54, 1.807) is 24.3 Å². The number of alkyl halides is 3. The quantitative estimate of drug-likeness (QED) is 0.532. The van der Waals surface area contributed by atoms with Gasteiger partial charge < -0.3 is 19.5 Å². The maximum Gasteiger partial charge on any atom is 0.422 e. The van der Waals surface area contributed by atoms with Crippen molar-refractivity contribution in [2.75, 3.05) is 24.7 Å². The summed E-state index contributed by atoms with van der Waals surface area (Å²) in [5.41, 5.74) is 1.42. The molecule has 0 spiro atoms. The van der Waals surface area contributed by atoms with Crippen molar-refractivity contribution in [3.8, 4) is 17.0 Å². The Balaban J connectivity index is 1.46. The van der Waals surface area contributed by atoms with Crippen LogP contribution in [0.3, 0.4) is 0 Å². The molecule has 1 N–H and O–H groups in total. The molecule has 0 saturated carbocycles. The molecule has 2 aliphatic rings. The van der Waals surface area contributed by atoms with E-state index in [1.165, 1.54) is 23.2 Å². The number of benzene rings is 2. The van der Waals surface area contributed by atoms with E-state index < -0.39 is 24.2 Å². The molecule has 2 aromatic carbocycles. The minimum absolute atomic E-state index is 0.111. The van der Waals surface area contributed by atoms with Gasteiger partial charge in [0.25, 0.3) is 5.91 Å². The number of nitrogens with zero attached hydrogens (tertiary/aromatic N) is 2. The highest BCUT2D eigenvalue weighted by Gasteiger charge is 2.36. The molecule has 1 aromatic heterocycles. The zero-order valence-electron chi connectivity index (χ0n) is 18.3. The van der Waals surface area contributed by atoms with Crippen LogP contribution in [0.25, 0.3) is 11.3 Å². The molecule has 10 heteroatoms. The lowest BCUT2D eigenvalue weighted by Crippen LogP contribution is -2.26. The topological polar surface area (TPSA) is 71.9 Å². The number of hydrogen-bond donors (Lipinski definition) is 1. The van der Waals surface area contributed by atoms with Crippen molar-refractivity contribution in [3.63, 3.8) is 0 Å². The molecular formula is C25H20F4N2O4. The van der Waals surface area contributed by atoms with Crippen LogP contribution in [-0.4, -0.2) is 42.0 Å². The highest BCUT2D eigenvalue weighted by molar-refractivity contribution is 6.11. The number of carbonyl (C=O) groups is 1. The molecule has 5 rings (SSSR count). The number of anilines is 1. The van der Waals surface area contributed by atoms with E-state index in [4.69, 9.17) is 9.47 Å². The van der Waals surface area contributed by atoms with Crippen LogP contribution in [0.1, 0.15) is 27.9 Å². The number of fused-ring (bicyclic) bond motifs is 1. The Hall–Kier alpha value is -3.50. The van der Waals surface area contributed by atoms with Gasteiger partial charge in [0.15, 0.2) is 6.61 Å². The lowest BCUT2D eigenvalue weighted by atomic mass is 9.93. The molecule has 35 heavy (non-hydrogen) atoms. The van der Waals surface area contributed by atoms with Gasteiger partial charge in [-0.1, -0.05) is 12.1 Å². The number of aromatic nitrogens is 1. The van der Waals surface area contributed by atoms with Crippen LogP contribution >= 0.6 is 0 Å². The van der Waals surface area contributed by atoms with Gasteiger partial charge in [-0.05, 0) is 35.9 Å². The normalized spacial score (nSPS) is 19.8. The van der Waals surface area contributed by atoms with Gasteiger partial charge >= 0.3 is 6.18 Å². The van der Waals surface area contributed by atoms with Gasteiger partial charge in [0, 0.05) is 47.7 Å². The molecule has 6 nitrogen and oxygen atoms in total. The Labute approximate surface area is 197 Å². The van der Waals surface area contributed by atoms with E-state index in [0.717, 1.165) is 12.1 Å². The van der Waals surface area contributed by atoms with Crippen molar-refractivity contribution in [3.05, 3.63) is 77.2 Å². The molecule has 2 aliphatic heterocycles. The lowest BCUT2D eigenvalue weighted by Gasteiger charge is -2.22. The van der Waals surface area contributed by atoms with Crippen LogP contribution in [0.5, 0.6) is 5.75 Å². The van der Waals surface area contributed by atoms with Gasteiger partial charge in [-0.2, -0.15) is 13.2 Å². The third-order valence-corrected chi connectivity index (χ3v) is 6.15. The van der Waals surface area contributed by atoms with Crippen LogP contribution in [-0.2, 0) is 16.9 Å². The fourth-order valence-corrected chi connectivity index (χ4v) is 4.37. The SMILES string of the molecule is O=C1c2ccnc(-c3ccc(F)cc3OCC(F)(F)F)c2CN1c1ccc([C@]2(O)CCOC2)cc1. The molecule has 0 radical (unpaired) electrons. The maximum absolute atomic E-state index is 13.8. The summed E-state index contributed by atoms with van der Waals surface area (Å²) in [6, 6.07) is 11.7. The van der Waals surface area contributed by atoms with Crippen molar-refractivity contribution in [2.24, 2.45) is 0 Å². The van der Waals surface area contributed by atoms with E-state index in [9.17, 15) is 27.5 Å². The highest BCUT2D eigenvalue weighted by Crippen LogP contribution is 2.39. The van der Waals surface area contributed by atoms with Gasteiger partial charge in [0.1, 0.15) is 17.2 Å². The molecular weight excluding hydrogens is 468 g/mol. The maximum atomic E-state index is 13.8. The second-order valence-electron chi connectivity index (χ2n) is 8.50. The highest BCUT2D eigenvalue weighted by atomic mass is 19.4. The summed E-state index contributed by atoms with van der Waals surface area (Å²) in [6.07, 6.45) is -2.75. The first-order chi connectivity index (χ1) is 16.6. The van der Waals surface area contributed by atoms with E-state index >= 15 is 0 Å². The fourth-order valence-electron chi connectivity index (χ4n) is 4.37. The Morgan fingerprint density at radius 2 is 1.89 bits per heavy atom. The number of rotatable bonds is 5.